The standard InChI is InChI=1S/C15H13N3O.CH4O3S/c1-2-6-13-12(4-1)5-3-7-14(13)15(9-19-15)8-18-11-16-10-17-18;1-5(2,3)4/h1-7,10-11H,8-9H2;1H3,(H,2,3,4). The normalized spacial score (nSPS) is 19.6. The first-order valence-electron chi connectivity index (χ1n) is 7.24. The molecule has 1 aliphatic heterocycles. The van der Waals surface area contributed by atoms with Gasteiger partial charge in [-0.15, -0.1) is 0 Å². The van der Waals surface area contributed by atoms with E-state index in [4.69, 9.17) is 9.29 Å². The second-order valence-electron chi connectivity index (χ2n) is 5.64. The van der Waals surface area contributed by atoms with Gasteiger partial charge >= 0.3 is 0 Å². The fraction of sp³-hybridized carbons (Fsp3) is 0.250. The van der Waals surface area contributed by atoms with E-state index in [0.29, 0.717) is 12.8 Å². The molecule has 0 spiro atoms. The molecular formula is C16H17N3O4S. The van der Waals surface area contributed by atoms with Crippen LogP contribution in [0.25, 0.3) is 10.8 Å². The third kappa shape index (κ3) is 3.97. The molecule has 1 atom stereocenters. The van der Waals surface area contributed by atoms with Crippen LogP contribution in [0.5, 0.6) is 0 Å². The number of rotatable bonds is 3. The molecule has 7 nitrogen and oxygen atoms in total. The molecule has 3 aromatic rings. The van der Waals surface area contributed by atoms with E-state index in [1.165, 1.54) is 16.3 Å². The van der Waals surface area contributed by atoms with Gasteiger partial charge in [-0.25, -0.2) is 9.67 Å². The van der Waals surface area contributed by atoms with E-state index in [1.807, 2.05) is 4.68 Å². The molecule has 1 unspecified atom stereocenters. The Hall–Kier alpha value is -2.29. The van der Waals surface area contributed by atoms with Gasteiger partial charge in [0.15, 0.2) is 0 Å². The first-order valence-corrected chi connectivity index (χ1v) is 9.09. The number of epoxide rings is 1. The molecule has 1 aromatic heterocycles. The fourth-order valence-electron chi connectivity index (χ4n) is 2.62. The molecule has 1 fully saturated rings. The SMILES string of the molecule is CS(=O)(=O)O.c1ccc2c(C3(Cn4cncn4)CO3)cccc2c1. The van der Waals surface area contributed by atoms with Crippen LogP contribution >= 0.6 is 0 Å². The monoisotopic (exact) mass is 347 g/mol. The predicted octanol–water partition coefficient (Wildman–Crippen LogP) is 1.86. The van der Waals surface area contributed by atoms with E-state index in [-0.39, 0.29) is 5.60 Å². The third-order valence-corrected chi connectivity index (χ3v) is 3.66. The van der Waals surface area contributed by atoms with Crippen LogP contribution < -0.4 is 0 Å². The van der Waals surface area contributed by atoms with Crippen molar-refractivity contribution >= 4 is 20.9 Å². The van der Waals surface area contributed by atoms with Crippen molar-refractivity contribution in [3.05, 3.63) is 60.7 Å². The van der Waals surface area contributed by atoms with Crippen LogP contribution in [0.3, 0.4) is 0 Å². The van der Waals surface area contributed by atoms with Crippen LogP contribution in [0, 0.1) is 0 Å². The summed E-state index contributed by atoms with van der Waals surface area (Å²) in [6.07, 6.45) is 4.00. The van der Waals surface area contributed by atoms with Gasteiger partial charge < -0.3 is 4.74 Å². The summed E-state index contributed by atoms with van der Waals surface area (Å²) in [5, 5.41) is 6.67. The van der Waals surface area contributed by atoms with Crippen LogP contribution in [0.2, 0.25) is 0 Å². The van der Waals surface area contributed by atoms with Crippen molar-refractivity contribution < 1.29 is 17.7 Å². The molecule has 0 radical (unpaired) electrons. The fourth-order valence-corrected chi connectivity index (χ4v) is 2.62. The Balaban J connectivity index is 0.000000300. The summed E-state index contributed by atoms with van der Waals surface area (Å²) in [4.78, 5) is 3.99. The van der Waals surface area contributed by atoms with Crippen LogP contribution in [-0.2, 0) is 27.0 Å². The molecule has 4 rings (SSSR count). The highest BCUT2D eigenvalue weighted by molar-refractivity contribution is 7.85. The molecule has 2 heterocycles. The van der Waals surface area contributed by atoms with Gasteiger partial charge in [0.1, 0.15) is 18.3 Å². The molecule has 8 heteroatoms. The zero-order valence-electron chi connectivity index (χ0n) is 13.0. The third-order valence-electron chi connectivity index (χ3n) is 3.66. The molecule has 1 saturated heterocycles. The lowest BCUT2D eigenvalue weighted by atomic mass is 9.94. The largest absolute Gasteiger partial charge is 0.362 e. The highest BCUT2D eigenvalue weighted by Gasteiger charge is 2.48. The molecule has 0 amide bonds. The van der Waals surface area contributed by atoms with Crippen molar-refractivity contribution in [1.82, 2.24) is 14.8 Å². The van der Waals surface area contributed by atoms with E-state index in [9.17, 15) is 8.42 Å². The van der Waals surface area contributed by atoms with E-state index >= 15 is 0 Å². The lowest BCUT2D eigenvalue weighted by Gasteiger charge is -2.14. The van der Waals surface area contributed by atoms with Gasteiger partial charge in [-0.1, -0.05) is 42.5 Å². The molecule has 0 saturated carbocycles. The minimum Gasteiger partial charge on any atom is -0.362 e. The Kier molecular flexibility index (Phi) is 4.35. The van der Waals surface area contributed by atoms with Crippen molar-refractivity contribution in [1.29, 1.82) is 0 Å². The molecule has 126 valence electrons. The van der Waals surface area contributed by atoms with Gasteiger partial charge in [0.2, 0.25) is 0 Å². The first kappa shape index (κ1) is 16.6. The van der Waals surface area contributed by atoms with E-state index in [1.54, 1.807) is 12.7 Å². The smallest absolute Gasteiger partial charge is 0.261 e. The highest BCUT2D eigenvalue weighted by Crippen LogP contribution is 2.43. The Morgan fingerprint density at radius 2 is 1.92 bits per heavy atom. The summed E-state index contributed by atoms with van der Waals surface area (Å²) in [6, 6.07) is 14.8. The van der Waals surface area contributed by atoms with Gasteiger partial charge in [0.05, 0.1) is 19.4 Å². The number of fused-ring (bicyclic) bond motifs is 1. The molecule has 0 aliphatic carbocycles. The van der Waals surface area contributed by atoms with Crippen molar-refractivity contribution in [2.45, 2.75) is 12.1 Å². The maximum absolute atomic E-state index is 9.19. The molecule has 1 N–H and O–H groups in total. The Morgan fingerprint density at radius 1 is 1.25 bits per heavy atom. The quantitative estimate of drug-likeness (QED) is 0.574. The molecule has 2 aromatic carbocycles. The zero-order valence-corrected chi connectivity index (χ0v) is 13.8. The average molecular weight is 347 g/mol. The van der Waals surface area contributed by atoms with Crippen LogP contribution in [0.1, 0.15) is 5.56 Å². The zero-order chi connectivity index (χ0) is 17.2. The molecule has 0 bridgehead atoms. The van der Waals surface area contributed by atoms with Gasteiger partial charge in [-0.3, -0.25) is 4.55 Å². The van der Waals surface area contributed by atoms with E-state index in [0.717, 1.165) is 6.61 Å². The lowest BCUT2D eigenvalue weighted by Crippen LogP contribution is -2.18. The minimum atomic E-state index is -3.67. The van der Waals surface area contributed by atoms with Crippen LogP contribution in [0.15, 0.2) is 55.1 Å². The van der Waals surface area contributed by atoms with Gasteiger partial charge in [0, 0.05) is 0 Å². The summed E-state index contributed by atoms with van der Waals surface area (Å²) >= 11 is 0. The van der Waals surface area contributed by atoms with Crippen molar-refractivity contribution in [2.75, 3.05) is 12.9 Å². The lowest BCUT2D eigenvalue weighted by molar-refractivity contribution is 0.270. The van der Waals surface area contributed by atoms with Crippen molar-refractivity contribution in [2.24, 2.45) is 0 Å². The second-order valence-corrected chi connectivity index (χ2v) is 7.10. The summed E-state index contributed by atoms with van der Waals surface area (Å²) in [7, 11) is -3.67. The number of aromatic nitrogens is 3. The summed E-state index contributed by atoms with van der Waals surface area (Å²) in [6.45, 7) is 1.45. The average Bonchev–Trinajstić information content (AvgIpc) is 3.11. The number of hydrogen-bond donors (Lipinski definition) is 1. The Bertz CT molecular complexity index is 922. The van der Waals surface area contributed by atoms with E-state index < -0.39 is 10.1 Å². The molecule has 24 heavy (non-hydrogen) atoms. The minimum absolute atomic E-state index is 0.242. The second kappa shape index (κ2) is 6.31. The van der Waals surface area contributed by atoms with E-state index in [2.05, 4.69) is 52.5 Å². The summed E-state index contributed by atoms with van der Waals surface area (Å²) in [5.41, 5.74) is 0.996. The molecular weight excluding hydrogens is 330 g/mol. The number of benzene rings is 2. The number of hydrogen-bond acceptors (Lipinski definition) is 5. The maximum atomic E-state index is 9.19. The van der Waals surface area contributed by atoms with Gasteiger partial charge in [-0.05, 0) is 16.3 Å². The Labute approximate surface area is 139 Å². The summed E-state index contributed by atoms with van der Waals surface area (Å²) in [5.74, 6) is 0. The first-order chi connectivity index (χ1) is 11.4. The van der Waals surface area contributed by atoms with Gasteiger partial charge in [-0.2, -0.15) is 13.5 Å². The van der Waals surface area contributed by atoms with Gasteiger partial charge in [0.25, 0.3) is 10.1 Å². The Morgan fingerprint density at radius 3 is 2.54 bits per heavy atom. The predicted molar refractivity (Wildman–Crippen MR) is 89.1 cm³/mol. The maximum Gasteiger partial charge on any atom is 0.261 e. The van der Waals surface area contributed by atoms with Crippen LogP contribution in [-0.4, -0.2) is 40.6 Å². The van der Waals surface area contributed by atoms with Crippen LogP contribution in [0.4, 0.5) is 0 Å². The summed E-state index contributed by atoms with van der Waals surface area (Å²) < 4.78 is 33.5. The molecule has 1 aliphatic rings. The topological polar surface area (TPSA) is 97.6 Å². The van der Waals surface area contributed by atoms with Crippen molar-refractivity contribution in [3.8, 4) is 0 Å². The number of nitrogens with zero attached hydrogens (tertiary/aromatic N) is 3. The van der Waals surface area contributed by atoms with Crippen molar-refractivity contribution in [3.63, 3.8) is 0 Å². The number of ether oxygens (including phenoxy) is 1. The highest BCUT2D eigenvalue weighted by atomic mass is 32.2.